The van der Waals surface area contributed by atoms with E-state index in [1.165, 1.54) is 0 Å². The minimum Gasteiger partial charge on any atom is -0.403 e. The lowest BCUT2D eigenvalue weighted by molar-refractivity contribution is -0.121. The predicted molar refractivity (Wildman–Crippen MR) is 108 cm³/mol. The zero-order valence-corrected chi connectivity index (χ0v) is 16.7. The van der Waals surface area contributed by atoms with Crippen LogP contribution in [-0.2, 0) is 19.5 Å². The molecule has 0 N–H and O–H groups in total. The van der Waals surface area contributed by atoms with Gasteiger partial charge in [-0.15, -0.1) is 0 Å². The first kappa shape index (κ1) is 18.3. The molecule has 0 radical (unpaired) electrons. The van der Waals surface area contributed by atoms with Crippen molar-refractivity contribution in [3.63, 3.8) is 0 Å². The van der Waals surface area contributed by atoms with Gasteiger partial charge in [0, 0.05) is 19.1 Å². The second-order valence-corrected chi connectivity index (χ2v) is 8.54. The lowest BCUT2D eigenvalue weighted by Gasteiger charge is -2.32. The van der Waals surface area contributed by atoms with Gasteiger partial charge in [-0.1, -0.05) is 48.5 Å². The highest BCUT2D eigenvalue weighted by molar-refractivity contribution is 6.47. The van der Waals surface area contributed by atoms with Crippen LogP contribution in [0.3, 0.4) is 0 Å². The molecular weight excluding hydrogens is 337 g/mol. The highest BCUT2D eigenvalue weighted by Gasteiger charge is 2.58. The summed E-state index contributed by atoms with van der Waals surface area (Å²) >= 11 is 0. The van der Waals surface area contributed by atoms with Crippen molar-refractivity contribution in [2.75, 3.05) is 11.9 Å². The Labute approximate surface area is 161 Å². The molecule has 1 saturated heterocycles. The third kappa shape index (κ3) is 2.56. The van der Waals surface area contributed by atoms with E-state index in [1.54, 1.807) is 4.90 Å². The molecule has 0 bridgehead atoms. The van der Waals surface area contributed by atoms with Crippen molar-refractivity contribution >= 4 is 18.7 Å². The van der Waals surface area contributed by atoms with E-state index in [0.29, 0.717) is 6.32 Å². The molecule has 0 aliphatic carbocycles. The normalized spacial score (nSPS) is 25.7. The maximum Gasteiger partial charge on any atom is 0.459 e. The Bertz CT molecular complexity index is 864. The average molecular weight is 363 g/mol. The molecular formula is C22H26BNO3. The smallest absolute Gasteiger partial charge is 0.403 e. The molecule has 0 unspecified atom stereocenters. The molecule has 1 fully saturated rings. The fourth-order valence-electron chi connectivity index (χ4n) is 4.25. The lowest BCUT2D eigenvalue weighted by atomic mass is 9.61. The molecule has 2 aliphatic rings. The molecule has 2 aliphatic heterocycles. The molecule has 1 atom stereocenters. The summed E-state index contributed by atoms with van der Waals surface area (Å²) in [6, 6.07) is 18.0. The first-order valence-corrected chi connectivity index (χ1v) is 9.48. The van der Waals surface area contributed by atoms with Gasteiger partial charge >= 0.3 is 7.12 Å². The maximum atomic E-state index is 13.6. The number of para-hydroxylation sites is 1. The van der Waals surface area contributed by atoms with Crippen LogP contribution in [0.2, 0.25) is 6.32 Å². The van der Waals surface area contributed by atoms with Crippen LogP contribution in [0.5, 0.6) is 0 Å². The predicted octanol–water partition coefficient (Wildman–Crippen LogP) is 4.04. The van der Waals surface area contributed by atoms with Crippen LogP contribution >= 0.6 is 0 Å². The zero-order valence-electron chi connectivity index (χ0n) is 16.7. The minimum atomic E-state index is -0.812. The van der Waals surface area contributed by atoms with Crippen molar-refractivity contribution < 1.29 is 14.1 Å². The SMILES string of the molecule is CN1C(=O)[C@@](CB2OC(C)(C)C(C)(C)O2)(c2ccccc2)c2ccccc21. The van der Waals surface area contributed by atoms with Gasteiger partial charge in [0.1, 0.15) is 5.41 Å². The number of likely N-dealkylation sites (N-methyl/N-ethyl adjacent to an activating group) is 1. The third-order valence-corrected chi connectivity index (χ3v) is 6.44. The van der Waals surface area contributed by atoms with Gasteiger partial charge in [-0.05, 0) is 44.9 Å². The molecule has 5 heteroatoms. The maximum absolute atomic E-state index is 13.6. The van der Waals surface area contributed by atoms with Gasteiger partial charge in [-0.25, -0.2) is 0 Å². The molecule has 0 aromatic heterocycles. The third-order valence-electron chi connectivity index (χ3n) is 6.44. The van der Waals surface area contributed by atoms with Gasteiger partial charge in [0.15, 0.2) is 0 Å². The Morgan fingerprint density at radius 1 is 0.889 bits per heavy atom. The summed E-state index contributed by atoms with van der Waals surface area (Å²) < 4.78 is 12.6. The van der Waals surface area contributed by atoms with E-state index in [1.807, 2.05) is 83.3 Å². The Morgan fingerprint density at radius 3 is 2.07 bits per heavy atom. The van der Waals surface area contributed by atoms with Gasteiger partial charge in [0.25, 0.3) is 0 Å². The molecule has 27 heavy (non-hydrogen) atoms. The van der Waals surface area contributed by atoms with Gasteiger partial charge < -0.3 is 14.2 Å². The summed E-state index contributed by atoms with van der Waals surface area (Å²) in [7, 11) is 1.38. The molecule has 0 saturated carbocycles. The van der Waals surface area contributed by atoms with Gasteiger partial charge in [-0.2, -0.15) is 0 Å². The van der Waals surface area contributed by atoms with Crippen molar-refractivity contribution in [3.8, 4) is 0 Å². The van der Waals surface area contributed by atoms with Crippen LogP contribution in [0.4, 0.5) is 5.69 Å². The number of hydrogen-bond donors (Lipinski definition) is 0. The second-order valence-electron chi connectivity index (χ2n) is 8.54. The standard InChI is InChI=1S/C22H26BNO3/c1-20(2)21(3,4)27-23(26-20)15-22(16-11-7-6-8-12-16)17-13-9-10-14-18(17)24(5)19(22)25/h6-14H,15H2,1-5H3/t22-/m0/s1. The van der Waals surface area contributed by atoms with Crippen LogP contribution < -0.4 is 4.90 Å². The number of hydrogen-bond acceptors (Lipinski definition) is 3. The number of rotatable bonds is 3. The largest absolute Gasteiger partial charge is 0.459 e. The Kier molecular flexibility index (Phi) is 4.02. The zero-order chi connectivity index (χ0) is 19.4. The molecule has 4 nitrogen and oxygen atoms in total. The Hall–Kier alpha value is -2.11. The summed E-state index contributed by atoms with van der Waals surface area (Å²) in [5, 5.41) is 0. The number of fused-ring (bicyclic) bond motifs is 1. The Balaban J connectivity index is 1.85. The molecule has 4 rings (SSSR count). The van der Waals surface area contributed by atoms with Crippen LogP contribution in [0.15, 0.2) is 54.6 Å². The molecule has 2 aromatic rings. The number of amides is 1. The summed E-state index contributed by atoms with van der Waals surface area (Å²) in [5.41, 5.74) is 1.27. The molecule has 2 heterocycles. The summed E-state index contributed by atoms with van der Waals surface area (Å²) in [6.45, 7) is 8.16. The van der Waals surface area contributed by atoms with E-state index in [2.05, 4.69) is 6.07 Å². The van der Waals surface area contributed by atoms with Gasteiger partial charge in [0.2, 0.25) is 5.91 Å². The lowest BCUT2D eigenvalue weighted by Crippen LogP contribution is -2.43. The highest BCUT2D eigenvalue weighted by atomic mass is 16.7. The minimum absolute atomic E-state index is 0.0598. The Morgan fingerprint density at radius 2 is 1.44 bits per heavy atom. The summed E-state index contributed by atoms with van der Waals surface area (Å²) in [6.07, 6.45) is 0.448. The van der Waals surface area contributed by atoms with Crippen molar-refractivity contribution in [1.82, 2.24) is 0 Å². The molecule has 1 amide bonds. The van der Waals surface area contributed by atoms with Crippen LogP contribution in [-0.4, -0.2) is 31.3 Å². The number of nitrogens with zero attached hydrogens (tertiary/aromatic N) is 1. The number of benzene rings is 2. The fraction of sp³-hybridized carbons (Fsp3) is 0.409. The van der Waals surface area contributed by atoms with E-state index in [-0.39, 0.29) is 5.91 Å². The van der Waals surface area contributed by atoms with Gasteiger partial charge in [-0.3, -0.25) is 4.79 Å². The van der Waals surface area contributed by atoms with Crippen LogP contribution in [0.1, 0.15) is 38.8 Å². The first-order chi connectivity index (χ1) is 12.7. The van der Waals surface area contributed by atoms with E-state index < -0.39 is 23.7 Å². The van der Waals surface area contributed by atoms with E-state index >= 15 is 0 Å². The monoisotopic (exact) mass is 363 g/mol. The highest BCUT2D eigenvalue weighted by Crippen LogP contribution is 2.50. The van der Waals surface area contributed by atoms with E-state index in [4.69, 9.17) is 9.31 Å². The average Bonchev–Trinajstić information content (AvgIpc) is 2.97. The van der Waals surface area contributed by atoms with Crippen molar-refractivity contribution in [2.24, 2.45) is 0 Å². The molecule has 2 aromatic carbocycles. The fourth-order valence-corrected chi connectivity index (χ4v) is 4.25. The quantitative estimate of drug-likeness (QED) is 0.773. The first-order valence-electron chi connectivity index (χ1n) is 9.48. The summed E-state index contributed by atoms with van der Waals surface area (Å²) in [5.74, 6) is 0.0598. The van der Waals surface area contributed by atoms with E-state index in [0.717, 1.165) is 16.8 Å². The number of anilines is 1. The summed E-state index contributed by atoms with van der Waals surface area (Å²) in [4.78, 5) is 15.4. The number of carbonyl (C=O) groups is 1. The van der Waals surface area contributed by atoms with Crippen molar-refractivity contribution in [3.05, 3.63) is 65.7 Å². The molecule has 0 spiro atoms. The van der Waals surface area contributed by atoms with Crippen LogP contribution in [0, 0.1) is 0 Å². The van der Waals surface area contributed by atoms with E-state index in [9.17, 15) is 4.79 Å². The van der Waals surface area contributed by atoms with Gasteiger partial charge in [0.05, 0.1) is 11.2 Å². The molecule has 140 valence electrons. The topological polar surface area (TPSA) is 38.8 Å². The van der Waals surface area contributed by atoms with Crippen molar-refractivity contribution in [1.29, 1.82) is 0 Å². The van der Waals surface area contributed by atoms with Crippen LogP contribution in [0.25, 0.3) is 0 Å². The van der Waals surface area contributed by atoms with Crippen molar-refractivity contribution in [2.45, 2.75) is 50.6 Å². The second kappa shape index (κ2) is 5.95. The number of carbonyl (C=O) groups excluding carboxylic acids is 1.